The lowest BCUT2D eigenvalue weighted by atomic mass is 9.98. The molecule has 0 fully saturated rings. The second-order valence-electron chi connectivity index (χ2n) is 4.29. The molecule has 0 atom stereocenters. The summed E-state index contributed by atoms with van der Waals surface area (Å²) in [6.45, 7) is 0. The maximum absolute atomic E-state index is 6.42. The molecule has 1 aromatic rings. The number of nitrogens with zero attached hydrogens (tertiary/aromatic N) is 1. The van der Waals surface area contributed by atoms with Crippen LogP contribution in [0.1, 0.15) is 6.42 Å². The third-order valence-corrected chi connectivity index (χ3v) is 4.11. The van der Waals surface area contributed by atoms with Gasteiger partial charge in [-0.25, -0.2) is 0 Å². The van der Waals surface area contributed by atoms with Crippen LogP contribution in [-0.2, 0) is 9.47 Å². The number of halogens is 2. The molecule has 0 saturated carbocycles. The van der Waals surface area contributed by atoms with E-state index in [1.165, 1.54) is 14.2 Å². The predicted octanol–water partition coefficient (Wildman–Crippen LogP) is 3.58. The molecule has 2 rings (SSSR count). The van der Waals surface area contributed by atoms with E-state index in [2.05, 4.69) is 10.5 Å². The minimum absolute atomic E-state index is 0.515. The third-order valence-electron chi connectivity index (χ3n) is 3.15. The van der Waals surface area contributed by atoms with E-state index in [4.69, 9.17) is 32.7 Å². The molecule has 0 spiro atoms. The average Bonchev–Trinajstić information content (AvgIpc) is 2.47. The number of benzene rings is 1. The summed E-state index contributed by atoms with van der Waals surface area (Å²) in [5.41, 5.74) is 4.30. The average molecular weight is 315 g/mol. The summed E-state index contributed by atoms with van der Waals surface area (Å²) in [4.78, 5) is 0. The number of para-hydroxylation sites is 1. The van der Waals surface area contributed by atoms with Gasteiger partial charge in [0.25, 0.3) is 0 Å². The molecule has 0 heterocycles. The Morgan fingerprint density at radius 2 is 1.80 bits per heavy atom. The molecule has 0 unspecified atom stereocenters. The van der Waals surface area contributed by atoms with Crippen molar-refractivity contribution in [1.29, 1.82) is 0 Å². The third kappa shape index (κ3) is 2.69. The Bertz CT molecular complexity index is 511. The number of ether oxygens (including phenoxy) is 2. The number of hydrazone groups is 1. The molecule has 0 saturated heterocycles. The van der Waals surface area contributed by atoms with Crippen LogP contribution in [0.3, 0.4) is 0 Å². The number of rotatable bonds is 4. The van der Waals surface area contributed by atoms with Gasteiger partial charge in [0, 0.05) is 20.6 Å². The van der Waals surface area contributed by atoms with Gasteiger partial charge in [0.05, 0.1) is 11.4 Å². The standard InChI is InChI=1S/C14H16Cl2N2O2/c1-19-13(20-2)10-6-9-12(14(13,15)16)18-17-11-7-4-3-5-8-11/h3-8,10,17H,9H2,1-2H3. The maximum Gasteiger partial charge on any atom is 0.227 e. The van der Waals surface area contributed by atoms with Crippen LogP contribution < -0.4 is 5.43 Å². The Balaban J connectivity index is 2.26. The van der Waals surface area contributed by atoms with Gasteiger partial charge in [0.1, 0.15) is 0 Å². The fourth-order valence-corrected chi connectivity index (χ4v) is 2.67. The minimum atomic E-state index is -1.41. The highest BCUT2D eigenvalue weighted by molar-refractivity contribution is 6.60. The van der Waals surface area contributed by atoms with Crippen LogP contribution in [0.4, 0.5) is 5.69 Å². The zero-order chi connectivity index (χ0) is 14.6. The predicted molar refractivity (Wildman–Crippen MR) is 82.4 cm³/mol. The van der Waals surface area contributed by atoms with E-state index in [1.54, 1.807) is 6.08 Å². The molecule has 1 aliphatic rings. The van der Waals surface area contributed by atoms with Crippen LogP contribution in [-0.4, -0.2) is 30.1 Å². The molecule has 0 aromatic heterocycles. The number of hydrogen-bond donors (Lipinski definition) is 1. The number of allylic oxidation sites excluding steroid dienone is 1. The highest BCUT2D eigenvalue weighted by Gasteiger charge is 2.54. The Morgan fingerprint density at radius 1 is 1.15 bits per heavy atom. The van der Waals surface area contributed by atoms with Crippen molar-refractivity contribution >= 4 is 34.6 Å². The van der Waals surface area contributed by atoms with Crippen molar-refractivity contribution in [3.8, 4) is 0 Å². The molecule has 0 bridgehead atoms. The van der Waals surface area contributed by atoms with E-state index in [0.29, 0.717) is 12.1 Å². The Kier molecular flexibility index (Phi) is 4.70. The number of alkyl halides is 2. The molecule has 1 aliphatic carbocycles. The van der Waals surface area contributed by atoms with E-state index in [-0.39, 0.29) is 0 Å². The topological polar surface area (TPSA) is 42.9 Å². The van der Waals surface area contributed by atoms with Gasteiger partial charge in [-0.05, 0) is 18.2 Å². The van der Waals surface area contributed by atoms with Crippen molar-refractivity contribution in [1.82, 2.24) is 0 Å². The highest BCUT2D eigenvalue weighted by atomic mass is 35.5. The number of nitrogens with one attached hydrogen (secondary N) is 1. The minimum Gasteiger partial charge on any atom is -0.347 e. The van der Waals surface area contributed by atoms with Gasteiger partial charge in [-0.15, -0.1) is 0 Å². The van der Waals surface area contributed by atoms with Gasteiger partial charge >= 0.3 is 0 Å². The summed E-state index contributed by atoms with van der Waals surface area (Å²) in [6.07, 6.45) is 4.08. The summed E-state index contributed by atoms with van der Waals surface area (Å²) in [6, 6.07) is 9.54. The van der Waals surface area contributed by atoms with Gasteiger partial charge in [-0.1, -0.05) is 47.5 Å². The fourth-order valence-electron chi connectivity index (χ4n) is 2.00. The van der Waals surface area contributed by atoms with E-state index in [1.807, 2.05) is 36.4 Å². The molecule has 20 heavy (non-hydrogen) atoms. The lowest BCUT2D eigenvalue weighted by Gasteiger charge is -2.40. The van der Waals surface area contributed by atoms with Crippen molar-refractivity contribution in [2.45, 2.75) is 16.5 Å². The first kappa shape index (κ1) is 15.3. The summed E-state index contributed by atoms with van der Waals surface area (Å²) >= 11 is 12.8. The second-order valence-corrected chi connectivity index (χ2v) is 5.62. The lowest BCUT2D eigenvalue weighted by Crippen LogP contribution is -2.55. The summed E-state index contributed by atoms with van der Waals surface area (Å²) < 4.78 is 9.28. The molecular formula is C14H16Cl2N2O2. The largest absolute Gasteiger partial charge is 0.347 e. The van der Waals surface area contributed by atoms with Gasteiger partial charge in [-0.3, -0.25) is 5.43 Å². The summed E-state index contributed by atoms with van der Waals surface area (Å²) in [5.74, 6) is -1.24. The molecule has 1 N–H and O–H groups in total. The number of hydrogen-bond acceptors (Lipinski definition) is 4. The van der Waals surface area contributed by atoms with Gasteiger partial charge < -0.3 is 9.47 Å². The quantitative estimate of drug-likeness (QED) is 0.400. The molecule has 6 heteroatoms. The second kappa shape index (κ2) is 6.14. The molecule has 0 aliphatic heterocycles. The number of anilines is 1. The molecule has 0 radical (unpaired) electrons. The molecule has 108 valence electrons. The van der Waals surface area contributed by atoms with Gasteiger partial charge in [-0.2, -0.15) is 5.10 Å². The Labute approximate surface area is 128 Å². The van der Waals surface area contributed by atoms with Crippen molar-refractivity contribution in [2.75, 3.05) is 19.6 Å². The zero-order valence-electron chi connectivity index (χ0n) is 11.3. The zero-order valence-corrected chi connectivity index (χ0v) is 12.8. The van der Waals surface area contributed by atoms with E-state index >= 15 is 0 Å². The lowest BCUT2D eigenvalue weighted by molar-refractivity contribution is -0.170. The number of methoxy groups -OCH3 is 2. The van der Waals surface area contributed by atoms with Crippen molar-refractivity contribution in [2.24, 2.45) is 5.10 Å². The molecule has 1 aromatic carbocycles. The van der Waals surface area contributed by atoms with Crippen LogP contribution in [0.2, 0.25) is 0 Å². The first-order valence-corrected chi connectivity index (χ1v) is 6.85. The smallest absolute Gasteiger partial charge is 0.227 e. The SMILES string of the molecule is COC1(OC)C=CCC(=NNc2ccccc2)C1(Cl)Cl. The van der Waals surface area contributed by atoms with Crippen molar-refractivity contribution < 1.29 is 9.47 Å². The molecule has 4 nitrogen and oxygen atoms in total. The maximum atomic E-state index is 6.42. The van der Waals surface area contributed by atoms with Gasteiger partial charge in [0.15, 0.2) is 0 Å². The Morgan fingerprint density at radius 3 is 2.40 bits per heavy atom. The first-order chi connectivity index (χ1) is 9.55. The molecular weight excluding hydrogens is 299 g/mol. The van der Waals surface area contributed by atoms with Crippen molar-refractivity contribution in [3.05, 3.63) is 42.5 Å². The van der Waals surface area contributed by atoms with Crippen molar-refractivity contribution in [3.63, 3.8) is 0 Å². The van der Waals surface area contributed by atoms with Crippen LogP contribution in [0, 0.1) is 0 Å². The van der Waals surface area contributed by atoms with Crippen LogP contribution in [0.15, 0.2) is 47.6 Å². The molecule has 0 amide bonds. The Hall–Kier alpha value is -1.07. The first-order valence-electron chi connectivity index (χ1n) is 6.09. The summed E-state index contributed by atoms with van der Waals surface area (Å²) in [5, 5.41) is 4.29. The van der Waals surface area contributed by atoms with E-state index < -0.39 is 10.1 Å². The van der Waals surface area contributed by atoms with Crippen LogP contribution in [0.5, 0.6) is 0 Å². The van der Waals surface area contributed by atoms with Gasteiger partial charge in [0.2, 0.25) is 10.1 Å². The van der Waals surface area contributed by atoms with E-state index in [9.17, 15) is 0 Å². The highest BCUT2D eigenvalue weighted by Crippen LogP contribution is 2.43. The van der Waals surface area contributed by atoms with E-state index in [0.717, 1.165) is 5.69 Å². The van der Waals surface area contributed by atoms with Crippen LogP contribution >= 0.6 is 23.2 Å². The fraction of sp³-hybridized carbons (Fsp3) is 0.357. The normalized spacial score (nSPS) is 21.9. The monoisotopic (exact) mass is 314 g/mol. The van der Waals surface area contributed by atoms with Crippen LogP contribution in [0.25, 0.3) is 0 Å². The summed E-state index contributed by atoms with van der Waals surface area (Å²) in [7, 11) is 2.97.